The molecule has 3 aromatic carbocycles. The van der Waals surface area contributed by atoms with Crippen molar-refractivity contribution in [2.24, 2.45) is 0 Å². The average molecular weight is 863 g/mol. The number of hydrogen-bond donors (Lipinski definition) is 3. The molecule has 0 radical (unpaired) electrons. The highest BCUT2D eigenvalue weighted by Crippen LogP contribution is 2.33. The molecule has 3 amide bonds. The molecule has 1 unspecified atom stereocenters. The van der Waals surface area contributed by atoms with Gasteiger partial charge in [-0.05, 0) is 105 Å². The van der Waals surface area contributed by atoms with Crippen LogP contribution in [0.5, 0.6) is 0 Å². The first-order chi connectivity index (χ1) is 30.4. The first kappa shape index (κ1) is 46.0. The van der Waals surface area contributed by atoms with Crippen LogP contribution in [0.1, 0.15) is 87.0 Å². The Kier molecular flexibility index (Phi) is 18.4. The van der Waals surface area contributed by atoms with Gasteiger partial charge in [0.25, 0.3) is 17.7 Å². The van der Waals surface area contributed by atoms with Crippen LogP contribution in [0, 0.1) is 0 Å². The number of fused-ring (bicyclic) bond motifs is 1. The van der Waals surface area contributed by atoms with Crippen molar-refractivity contribution in [1.82, 2.24) is 20.6 Å². The van der Waals surface area contributed by atoms with E-state index in [1.165, 1.54) is 22.5 Å². The zero-order chi connectivity index (χ0) is 43.4. The number of carbonyl (C=O) groups excluding carboxylic acids is 3. The molecule has 5 aromatic rings. The molecule has 1 aliphatic rings. The Morgan fingerprint density at radius 2 is 1.50 bits per heavy atom. The standard InChI is InChI=1S/C48H58N6O7S/c1-3-54(4-2)39-17-18-43(41(32-39)44-31-38(19-20-49-44)47(56)52-42-16-8-13-36-12-5-6-15-40(36)42)53-46(55)37-14-7-10-35(30-37)11-9-22-58-24-26-60-28-29-61-27-25-59-23-21-50-48(57)45-33-62-34-51-45/h5-7,10,12,14-15,17-20,30-34,42H,3-4,8-9,11,13,16,21-29H2,1-2H3,(H,50,57)(H,52,56)(H,53,55). The van der Waals surface area contributed by atoms with Crippen molar-refractivity contribution >= 4 is 40.4 Å². The molecule has 0 fully saturated rings. The fourth-order valence-electron chi connectivity index (χ4n) is 7.36. The summed E-state index contributed by atoms with van der Waals surface area (Å²) in [5.41, 5.74) is 9.56. The smallest absolute Gasteiger partial charge is 0.270 e. The van der Waals surface area contributed by atoms with Crippen molar-refractivity contribution in [3.63, 3.8) is 0 Å². The van der Waals surface area contributed by atoms with Crippen molar-refractivity contribution in [2.75, 3.05) is 82.7 Å². The number of nitrogens with zero attached hydrogens (tertiary/aromatic N) is 3. The van der Waals surface area contributed by atoms with Crippen LogP contribution in [0.2, 0.25) is 0 Å². The van der Waals surface area contributed by atoms with Gasteiger partial charge in [-0.2, -0.15) is 0 Å². The van der Waals surface area contributed by atoms with E-state index < -0.39 is 0 Å². The van der Waals surface area contributed by atoms with Crippen molar-refractivity contribution in [1.29, 1.82) is 0 Å². The van der Waals surface area contributed by atoms with Crippen LogP contribution in [-0.4, -0.2) is 100 Å². The number of aryl methyl sites for hydroxylation is 2. The van der Waals surface area contributed by atoms with Crippen LogP contribution in [0.4, 0.5) is 11.4 Å². The minimum Gasteiger partial charge on any atom is -0.379 e. The van der Waals surface area contributed by atoms with Gasteiger partial charge < -0.3 is 39.8 Å². The van der Waals surface area contributed by atoms with Crippen LogP contribution < -0.4 is 20.9 Å². The van der Waals surface area contributed by atoms with Crippen LogP contribution in [0.15, 0.2) is 96.0 Å². The third-order valence-electron chi connectivity index (χ3n) is 10.6. The number of ether oxygens (including phenoxy) is 4. The molecule has 2 heterocycles. The summed E-state index contributed by atoms with van der Waals surface area (Å²) in [6.07, 6.45) is 6.15. The molecule has 328 valence electrons. The highest BCUT2D eigenvalue weighted by molar-refractivity contribution is 7.07. The van der Waals surface area contributed by atoms with Gasteiger partial charge in [0, 0.05) is 60.2 Å². The van der Waals surface area contributed by atoms with Crippen LogP contribution in [0.25, 0.3) is 11.3 Å². The SMILES string of the molecule is CCN(CC)c1ccc(NC(=O)c2cccc(CCCOCCOCCOCCOCCNC(=O)c3cscn3)c2)c(-c2cc(C(=O)NC3CCCc4ccccc43)ccn2)c1. The number of thiazole rings is 1. The maximum atomic E-state index is 13.8. The molecule has 13 nitrogen and oxygen atoms in total. The van der Waals surface area contributed by atoms with Crippen LogP contribution in [-0.2, 0) is 31.8 Å². The van der Waals surface area contributed by atoms with E-state index in [0.717, 1.165) is 62.0 Å². The number of nitrogens with one attached hydrogen (secondary N) is 3. The van der Waals surface area contributed by atoms with Crippen LogP contribution >= 0.6 is 11.3 Å². The molecular formula is C48H58N6O7S. The number of pyridine rings is 1. The molecule has 6 rings (SSSR count). The Labute approximate surface area is 368 Å². The van der Waals surface area contributed by atoms with E-state index in [4.69, 9.17) is 23.9 Å². The number of amides is 3. The van der Waals surface area contributed by atoms with Gasteiger partial charge in [-0.15, -0.1) is 11.3 Å². The zero-order valence-corrected chi connectivity index (χ0v) is 36.6. The summed E-state index contributed by atoms with van der Waals surface area (Å²) in [5.74, 6) is -0.584. The molecule has 0 spiro atoms. The van der Waals surface area contributed by atoms with Crippen molar-refractivity contribution in [3.8, 4) is 11.3 Å². The summed E-state index contributed by atoms with van der Waals surface area (Å²) in [6.45, 7) is 9.97. The van der Waals surface area contributed by atoms with Crippen LogP contribution in [0.3, 0.4) is 0 Å². The molecule has 62 heavy (non-hydrogen) atoms. The first-order valence-corrected chi connectivity index (χ1v) is 22.5. The lowest BCUT2D eigenvalue weighted by molar-refractivity contribution is -0.00158. The van der Waals surface area contributed by atoms with Crippen molar-refractivity contribution < 1.29 is 33.3 Å². The van der Waals surface area contributed by atoms with E-state index in [1.807, 2.05) is 54.6 Å². The molecular weight excluding hydrogens is 805 g/mol. The van der Waals surface area contributed by atoms with Gasteiger partial charge in [-0.1, -0.05) is 36.4 Å². The Hall–Kier alpha value is -5.51. The zero-order valence-electron chi connectivity index (χ0n) is 35.7. The Morgan fingerprint density at radius 3 is 2.26 bits per heavy atom. The number of aromatic nitrogens is 2. The number of carbonyl (C=O) groups is 3. The molecule has 0 bridgehead atoms. The van der Waals surface area contributed by atoms with Gasteiger partial charge in [0.1, 0.15) is 5.69 Å². The minimum absolute atomic E-state index is 0.0431. The lowest BCUT2D eigenvalue weighted by Gasteiger charge is -2.26. The number of rotatable bonds is 25. The Bertz CT molecular complexity index is 2180. The van der Waals surface area contributed by atoms with Gasteiger partial charge in [0.15, 0.2) is 0 Å². The molecule has 0 saturated carbocycles. The minimum atomic E-state index is -0.230. The number of anilines is 2. The number of hydrogen-bond acceptors (Lipinski definition) is 11. The summed E-state index contributed by atoms with van der Waals surface area (Å²) < 4.78 is 22.4. The van der Waals surface area contributed by atoms with Gasteiger partial charge in [0.2, 0.25) is 0 Å². The highest BCUT2D eigenvalue weighted by atomic mass is 32.1. The Balaban J connectivity index is 0.931. The van der Waals surface area contributed by atoms with Gasteiger partial charge in [-0.25, -0.2) is 4.98 Å². The third-order valence-corrected chi connectivity index (χ3v) is 11.2. The largest absolute Gasteiger partial charge is 0.379 e. The van der Waals surface area contributed by atoms with Crippen molar-refractivity contribution in [2.45, 2.75) is 52.0 Å². The second-order valence-electron chi connectivity index (χ2n) is 14.8. The normalized spacial score (nSPS) is 13.3. The molecule has 0 aliphatic heterocycles. The quantitative estimate of drug-likeness (QED) is 0.0502. The fourth-order valence-corrected chi connectivity index (χ4v) is 7.89. The second kappa shape index (κ2) is 24.8. The maximum absolute atomic E-state index is 13.8. The molecule has 14 heteroatoms. The second-order valence-corrected chi connectivity index (χ2v) is 15.5. The highest BCUT2D eigenvalue weighted by Gasteiger charge is 2.23. The topological polar surface area (TPSA) is 153 Å². The van der Waals surface area contributed by atoms with Gasteiger partial charge in [0.05, 0.1) is 69.2 Å². The third kappa shape index (κ3) is 13.7. The molecule has 0 saturated heterocycles. The van der Waals surface area contributed by atoms with E-state index in [-0.39, 0.29) is 23.8 Å². The first-order valence-electron chi connectivity index (χ1n) is 21.5. The average Bonchev–Trinajstić information content (AvgIpc) is 3.86. The van der Waals surface area contributed by atoms with E-state index in [0.29, 0.717) is 87.6 Å². The maximum Gasteiger partial charge on any atom is 0.270 e. The summed E-state index contributed by atoms with van der Waals surface area (Å²) in [5, 5.41) is 10.9. The fraction of sp³-hybridized carbons (Fsp3) is 0.396. The van der Waals surface area contributed by atoms with E-state index >= 15 is 0 Å². The summed E-state index contributed by atoms with van der Waals surface area (Å²) in [6, 6.07) is 25.4. The summed E-state index contributed by atoms with van der Waals surface area (Å²) in [7, 11) is 0. The van der Waals surface area contributed by atoms with Gasteiger partial charge in [-0.3, -0.25) is 19.4 Å². The molecule has 3 N–H and O–H groups in total. The number of benzene rings is 3. The molecule has 1 aliphatic carbocycles. The predicted octanol–water partition coefficient (Wildman–Crippen LogP) is 7.54. The summed E-state index contributed by atoms with van der Waals surface area (Å²) >= 11 is 1.38. The van der Waals surface area contributed by atoms with E-state index in [2.05, 4.69) is 57.9 Å². The lowest BCUT2D eigenvalue weighted by atomic mass is 9.87. The molecule has 2 aromatic heterocycles. The van der Waals surface area contributed by atoms with Gasteiger partial charge >= 0.3 is 0 Å². The lowest BCUT2D eigenvalue weighted by Crippen LogP contribution is -2.31. The molecule has 1 atom stereocenters. The predicted molar refractivity (Wildman–Crippen MR) is 243 cm³/mol. The van der Waals surface area contributed by atoms with Crippen molar-refractivity contribution in [3.05, 3.63) is 129 Å². The van der Waals surface area contributed by atoms with E-state index in [1.54, 1.807) is 23.2 Å². The van der Waals surface area contributed by atoms with E-state index in [9.17, 15) is 14.4 Å². The monoisotopic (exact) mass is 862 g/mol. The summed E-state index contributed by atoms with van der Waals surface area (Å²) in [4.78, 5) is 50.2. The Morgan fingerprint density at radius 1 is 0.758 bits per heavy atom.